The number of epoxide rings is 1. The van der Waals surface area contributed by atoms with Gasteiger partial charge in [0.15, 0.2) is 17.7 Å². The number of phenols is 1. The number of ether oxygens (including phenoxy) is 2. The highest BCUT2D eigenvalue weighted by molar-refractivity contribution is 6.31. The zero-order chi connectivity index (χ0) is 20.8. The van der Waals surface area contributed by atoms with E-state index in [0.717, 1.165) is 0 Å². The monoisotopic (exact) mass is 395 g/mol. The smallest absolute Gasteiger partial charge is 0.303 e. The first-order valence-corrected chi connectivity index (χ1v) is 8.99. The molecule has 0 bridgehead atoms. The maximum atomic E-state index is 13.2. The van der Waals surface area contributed by atoms with E-state index in [1.807, 2.05) is 0 Å². The zero-order valence-corrected chi connectivity index (χ0v) is 15.4. The third-order valence-electron chi connectivity index (χ3n) is 6.08. The Kier molecular flexibility index (Phi) is 3.37. The summed E-state index contributed by atoms with van der Waals surface area (Å²) in [5, 5.41) is 24.3. The number of nitrogens with zero attached hydrogens (tertiary/aromatic N) is 2. The van der Waals surface area contributed by atoms with E-state index in [9.17, 15) is 30.1 Å². The quantitative estimate of drug-likeness (QED) is 0.435. The van der Waals surface area contributed by atoms with Crippen LogP contribution in [0.4, 0.5) is 0 Å². The number of Topliss-reactive ketones (excluding diaryl/α,β-unsaturated/α-hetero) is 2. The molecular formula is C20H15N2O7-. The van der Waals surface area contributed by atoms with Gasteiger partial charge in [0.25, 0.3) is 0 Å². The molecule has 0 radical (unpaired) electrons. The van der Waals surface area contributed by atoms with Gasteiger partial charge in [-0.05, 0) is 13.0 Å². The maximum Gasteiger partial charge on any atom is 0.303 e. The van der Waals surface area contributed by atoms with Crippen molar-refractivity contribution in [2.24, 2.45) is 5.11 Å². The topological polar surface area (TPSA) is 148 Å². The molecule has 148 valence electrons. The van der Waals surface area contributed by atoms with Gasteiger partial charge < -0.3 is 30.3 Å². The highest BCUT2D eigenvalue weighted by Gasteiger charge is 2.70. The summed E-state index contributed by atoms with van der Waals surface area (Å²) in [5.41, 5.74) is 8.47. The van der Waals surface area contributed by atoms with Crippen LogP contribution in [0.3, 0.4) is 0 Å². The van der Waals surface area contributed by atoms with E-state index >= 15 is 0 Å². The van der Waals surface area contributed by atoms with Crippen LogP contribution >= 0.6 is 0 Å². The second kappa shape index (κ2) is 5.46. The lowest BCUT2D eigenvalue weighted by molar-refractivity contribution is -0.147. The molecule has 5 unspecified atom stereocenters. The van der Waals surface area contributed by atoms with Crippen molar-refractivity contribution in [1.29, 1.82) is 0 Å². The number of carbonyl (C=O) groups is 3. The fourth-order valence-electron chi connectivity index (χ4n) is 4.81. The number of benzene rings is 1. The highest BCUT2D eigenvalue weighted by atomic mass is 16.7. The Morgan fingerprint density at radius 2 is 2.00 bits per heavy atom. The molecule has 0 spiro atoms. The van der Waals surface area contributed by atoms with Crippen molar-refractivity contribution in [3.05, 3.63) is 57.1 Å². The molecule has 9 heteroatoms. The number of esters is 1. The highest BCUT2D eigenvalue weighted by Crippen LogP contribution is 2.58. The van der Waals surface area contributed by atoms with Gasteiger partial charge in [0, 0.05) is 34.8 Å². The lowest BCUT2D eigenvalue weighted by Crippen LogP contribution is -2.45. The molecule has 29 heavy (non-hydrogen) atoms. The number of aliphatic hydroxyl groups excluding tert-OH is 1. The third kappa shape index (κ3) is 2.03. The molecule has 0 aromatic heterocycles. The summed E-state index contributed by atoms with van der Waals surface area (Å²) in [6, 6.07) is 2.79. The summed E-state index contributed by atoms with van der Waals surface area (Å²) in [5.74, 6) is -2.27. The lowest BCUT2D eigenvalue weighted by Gasteiger charge is -2.32. The van der Waals surface area contributed by atoms with Crippen molar-refractivity contribution < 1.29 is 34.1 Å². The van der Waals surface area contributed by atoms with Crippen molar-refractivity contribution in [3.8, 4) is 5.75 Å². The standard InChI is InChI=1S/C20H15N2O7/c1-6(23)28-18-13-11(17(27)19-20(18,2)29-19)10-12(14(13)22-21)16(26)9-7(15(10)25)4-3-5-8(9)24/h3-5,14,17-19,24,27H,1-2H3/q-1. The SMILES string of the molecule is CC(=O)OC1C2=C(C3=C(C(=O)c4c(O)cccc4C3=O)C2N=[N-])C(O)C2OC12C. The van der Waals surface area contributed by atoms with Crippen molar-refractivity contribution in [2.75, 3.05) is 0 Å². The van der Waals surface area contributed by atoms with Gasteiger partial charge in [0.05, 0.1) is 11.6 Å². The molecule has 0 amide bonds. The van der Waals surface area contributed by atoms with Gasteiger partial charge in [0.2, 0.25) is 0 Å². The summed E-state index contributed by atoms with van der Waals surface area (Å²) in [7, 11) is 0. The second-order valence-electron chi connectivity index (χ2n) is 7.69. The first-order valence-electron chi connectivity index (χ1n) is 8.99. The number of hydrogen-bond donors (Lipinski definition) is 2. The van der Waals surface area contributed by atoms with Crippen molar-refractivity contribution in [1.82, 2.24) is 0 Å². The van der Waals surface area contributed by atoms with Crippen molar-refractivity contribution >= 4 is 17.5 Å². The van der Waals surface area contributed by atoms with E-state index in [0.29, 0.717) is 0 Å². The van der Waals surface area contributed by atoms with E-state index in [4.69, 9.17) is 9.47 Å². The van der Waals surface area contributed by atoms with E-state index in [1.54, 1.807) is 6.92 Å². The lowest BCUT2D eigenvalue weighted by atomic mass is 9.78. The van der Waals surface area contributed by atoms with Gasteiger partial charge >= 0.3 is 5.97 Å². The van der Waals surface area contributed by atoms with Crippen LogP contribution in [0.15, 0.2) is 45.6 Å². The number of phenolic OH excluding ortho intramolecular Hbond substituents is 1. The average Bonchev–Trinajstić information content (AvgIpc) is 3.25. The van der Waals surface area contributed by atoms with Crippen LogP contribution in [0.5, 0.6) is 5.75 Å². The predicted octanol–water partition coefficient (Wildman–Crippen LogP) is 1.23. The van der Waals surface area contributed by atoms with Crippen LogP contribution in [0, 0.1) is 0 Å². The van der Waals surface area contributed by atoms with E-state index in [1.165, 1.54) is 25.1 Å². The summed E-state index contributed by atoms with van der Waals surface area (Å²) in [6.07, 6.45) is -3.06. The van der Waals surface area contributed by atoms with Gasteiger partial charge in [-0.25, -0.2) is 0 Å². The number of fused-ring (bicyclic) bond motifs is 3. The molecule has 0 saturated carbocycles. The summed E-state index contributed by atoms with van der Waals surface area (Å²) < 4.78 is 11.0. The van der Waals surface area contributed by atoms with Gasteiger partial charge in [-0.3, -0.25) is 14.4 Å². The summed E-state index contributed by atoms with van der Waals surface area (Å²) in [6.45, 7) is 2.83. The molecule has 2 N–H and O–H groups in total. The minimum absolute atomic E-state index is 0.0134. The molecular weight excluding hydrogens is 380 g/mol. The normalized spacial score (nSPS) is 34.3. The first kappa shape index (κ1) is 17.9. The van der Waals surface area contributed by atoms with Crippen LogP contribution < -0.4 is 0 Å². The summed E-state index contributed by atoms with van der Waals surface area (Å²) in [4.78, 5) is 38.2. The van der Waals surface area contributed by atoms with Gasteiger partial charge in [0.1, 0.15) is 23.6 Å². The molecule has 3 aliphatic carbocycles. The third-order valence-corrected chi connectivity index (χ3v) is 6.08. The average molecular weight is 395 g/mol. The number of hydrogen-bond acceptors (Lipinski definition) is 8. The predicted molar refractivity (Wildman–Crippen MR) is 95.2 cm³/mol. The molecule has 1 aliphatic heterocycles. The van der Waals surface area contributed by atoms with Crippen LogP contribution in [0.25, 0.3) is 5.53 Å². The van der Waals surface area contributed by atoms with Gasteiger partial charge in [-0.15, -0.1) is 0 Å². The number of ketones is 2. The maximum absolute atomic E-state index is 13.2. The Bertz CT molecular complexity index is 1120. The minimum atomic E-state index is -1.33. The number of rotatable bonds is 2. The van der Waals surface area contributed by atoms with Crippen molar-refractivity contribution in [3.63, 3.8) is 0 Å². The van der Waals surface area contributed by atoms with E-state index in [-0.39, 0.29) is 39.2 Å². The number of aromatic hydroxyl groups is 1. The molecule has 5 rings (SSSR count). The Morgan fingerprint density at radius 3 is 2.66 bits per heavy atom. The summed E-state index contributed by atoms with van der Waals surface area (Å²) >= 11 is 0. The van der Waals surface area contributed by atoms with Gasteiger partial charge in [-0.1, -0.05) is 12.1 Å². The van der Waals surface area contributed by atoms with Crippen LogP contribution in [0.1, 0.15) is 34.6 Å². The zero-order valence-electron chi connectivity index (χ0n) is 15.4. The van der Waals surface area contributed by atoms with Crippen LogP contribution in [-0.4, -0.2) is 57.7 Å². The molecule has 1 aromatic carbocycles. The number of aliphatic hydroxyl groups is 1. The fraction of sp³-hybridized carbons (Fsp3) is 0.350. The Balaban J connectivity index is 1.76. The Hall–Kier alpha value is -3.17. The van der Waals surface area contributed by atoms with Crippen molar-refractivity contribution in [2.45, 2.75) is 43.8 Å². The molecule has 4 aliphatic rings. The largest absolute Gasteiger partial charge is 0.711 e. The molecule has 9 nitrogen and oxygen atoms in total. The molecule has 1 fully saturated rings. The molecule has 1 heterocycles. The minimum Gasteiger partial charge on any atom is -0.711 e. The first-order chi connectivity index (χ1) is 13.7. The molecule has 1 aromatic rings. The van der Waals surface area contributed by atoms with Gasteiger partial charge in [-0.2, -0.15) is 0 Å². The van der Waals surface area contributed by atoms with Crippen LogP contribution in [0.2, 0.25) is 0 Å². The Labute approximate surface area is 164 Å². The molecule has 5 atom stereocenters. The Morgan fingerprint density at radius 1 is 1.28 bits per heavy atom. The van der Waals surface area contributed by atoms with E-state index < -0.39 is 47.5 Å². The number of carbonyl (C=O) groups excluding carboxylic acids is 3. The molecule has 1 saturated heterocycles. The van der Waals surface area contributed by atoms with E-state index in [2.05, 4.69) is 5.11 Å². The van der Waals surface area contributed by atoms with Crippen LogP contribution in [-0.2, 0) is 14.3 Å². The second-order valence-corrected chi connectivity index (χ2v) is 7.69. The fourth-order valence-corrected chi connectivity index (χ4v) is 4.81.